The second-order valence-electron chi connectivity index (χ2n) is 8.64. The van der Waals surface area contributed by atoms with Crippen molar-refractivity contribution in [1.29, 1.82) is 0 Å². The summed E-state index contributed by atoms with van der Waals surface area (Å²) in [6.45, 7) is 6.70. The van der Waals surface area contributed by atoms with E-state index in [9.17, 15) is 9.59 Å². The van der Waals surface area contributed by atoms with E-state index in [1.54, 1.807) is 24.3 Å². The third-order valence-electron chi connectivity index (χ3n) is 5.18. The molecule has 0 saturated heterocycles. The van der Waals surface area contributed by atoms with E-state index in [4.69, 9.17) is 9.47 Å². The zero-order chi connectivity index (χ0) is 22.0. The number of esters is 2. The van der Waals surface area contributed by atoms with Crippen LogP contribution in [0.25, 0.3) is 0 Å². The summed E-state index contributed by atoms with van der Waals surface area (Å²) >= 11 is 0. The van der Waals surface area contributed by atoms with Crippen molar-refractivity contribution >= 4 is 11.9 Å². The van der Waals surface area contributed by atoms with Crippen LogP contribution in [0.3, 0.4) is 0 Å². The molecule has 0 radical (unpaired) electrons. The van der Waals surface area contributed by atoms with E-state index in [2.05, 4.69) is 20.8 Å². The minimum absolute atomic E-state index is 0.202. The van der Waals surface area contributed by atoms with Crippen LogP contribution in [-0.2, 0) is 9.59 Å². The molecule has 0 amide bonds. The molecule has 0 atom stereocenters. The van der Waals surface area contributed by atoms with E-state index in [1.165, 1.54) is 51.4 Å². The zero-order valence-electron chi connectivity index (χ0n) is 19.4. The Labute approximate surface area is 183 Å². The van der Waals surface area contributed by atoms with Gasteiger partial charge in [0.1, 0.15) is 11.5 Å². The van der Waals surface area contributed by atoms with Gasteiger partial charge in [0, 0.05) is 12.8 Å². The van der Waals surface area contributed by atoms with Crippen molar-refractivity contribution in [3.8, 4) is 11.5 Å². The molecule has 0 fully saturated rings. The van der Waals surface area contributed by atoms with Gasteiger partial charge in [0.25, 0.3) is 0 Å². The van der Waals surface area contributed by atoms with Crippen molar-refractivity contribution in [3.05, 3.63) is 24.3 Å². The third kappa shape index (κ3) is 14.2. The molecule has 0 N–H and O–H groups in total. The van der Waals surface area contributed by atoms with Crippen LogP contribution in [0.5, 0.6) is 11.5 Å². The molecule has 1 aromatic rings. The molecule has 0 aliphatic rings. The number of benzene rings is 1. The molecule has 4 nitrogen and oxygen atoms in total. The molecular weight excluding hydrogens is 376 g/mol. The lowest BCUT2D eigenvalue weighted by atomic mass is 10.0. The van der Waals surface area contributed by atoms with Crippen molar-refractivity contribution in [1.82, 2.24) is 0 Å². The largest absolute Gasteiger partial charge is 0.427 e. The number of rotatable bonds is 17. The van der Waals surface area contributed by atoms with Gasteiger partial charge in [-0.3, -0.25) is 9.59 Å². The number of carbonyl (C=O) groups excluding carboxylic acids is 2. The number of hydrogen-bond acceptors (Lipinski definition) is 4. The highest BCUT2D eigenvalue weighted by Gasteiger charge is 2.08. The van der Waals surface area contributed by atoms with Crippen molar-refractivity contribution < 1.29 is 19.1 Å². The molecule has 0 aliphatic heterocycles. The lowest BCUT2D eigenvalue weighted by Crippen LogP contribution is -2.09. The molecule has 0 heterocycles. The first kappa shape index (κ1) is 26.2. The normalized spacial score (nSPS) is 10.9. The highest BCUT2D eigenvalue weighted by Crippen LogP contribution is 2.19. The Bertz CT molecular complexity index is 577. The van der Waals surface area contributed by atoms with Gasteiger partial charge in [-0.15, -0.1) is 0 Å². The monoisotopic (exact) mass is 418 g/mol. The molecule has 0 bridgehead atoms. The van der Waals surface area contributed by atoms with Gasteiger partial charge in [0.2, 0.25) is 0 Å². The molecular formula is C26H42O4. The van der Waals surface area contributed by atoms with Gasteiger partial charge in [-0.2, -0.15) is 0 Å². The van der Waals surface area contributed by atoms with E-state index < -0.39 is 0 Å². The van der Waals surface area contributed by atoms with Crippen LogP contribution in [-0.4, -0.2) is 11.9 Å². The second kappa shape index (κ2) is 16.9. The summed E-state index contributed by atoms with van der Waals surface area (Å²) < 4.78 is 10.7. The molecule has 4 heteroatoms. The van der Waals surface area contributed by atoms with Crippen LogP contribution in [0.4, 0.5) is 0 Å². The molecule has 170 valence electrons. The molecule has 1 rings (SSSR count). The van der Waals surface area contributed by atoms with Gasteiger partial charge >= 0.3 is 11.9 Å². The van der Waals surface area contributed by atoms with Gasteiger partial charge in [0.05, 0.1) is 0 Å². The molecule has 0 spiro atoms. The average Bonchev–Trinajstić information content (AvgIpc) is 2.71. The number of ether oxygens (including phenoxy) is 2. The number of hydrogen-bond donors (Lipinski definition) is 0. The van der Waals surface area contributed by atoms with E-state index in [0.29, 0.717) is 24.3 Å². The standard InChI is InChI=1S/C26H42O4/c1-4-5-6-9-13-16-25(27)29-23-18-20-24(21-19-23)30-26(28)17-14-11-8-7-10-12-15-22(2)3/h18-22H,4-17H2,1-3H3. The third-order valence-corrected chi connectivity index (χ3v) is 5.18. The maximum absolute atomic E-state index is 12.0. The van der Waals surface area contributed by atoms with E-state index in [1.807, 2.05) is 0 Å². The Kier molecular flexibility index (Phi) is 14.8. The quantitative estimate of drug-likeness (QED) is 0.148. The van der Waals surface area contributed by atoms with E-state index in [0.717, 1.165) is 31.6 Å². The summed E-state index contributed by atoms with van der Waals surface area (Å²) in [6, 6.07) is 6.70. The fourth-order valence-electron chi connectivity index (χ4n) is 3.34. The van der Waals surface area contributed by atoms with Crippen LogP contribution in [0.2, 0.25) is 0 Å². The Morgan fingerprint density at radius 3 is 1.50 bits per heavy atom. The maximum atomic E-state index is 12.0. The van der Waals surface area contributed by atoms with Crippen molar-refractivity contribution in [3.63, 3.8) is 0 Å². The minimum atomic E-state index is -0.208. The van der Waals surface area contributed by atoms with Gasteiger partial charge in [-0.05, 0) is 43.0 Å². The topological polar surface area (TPSA) is 52.6 Å². The summed E-state index contributed by atoms with van der Waals surface area (Å²) in [5, 5.41) is 0. The molecule has 0 unspecified atom stereocenters. The van der Waals surface area contributed by atoms with Crippen LogP contribution in [0, 0.1) is 5.92 Å². The highest BCUT2D eigenvalue weighted by atomic mass is 16.5. The van der Waals surface area contributed by atoms with Crippen molar-refractivity contribution in [2.45, 2.75) is 111 Å². The van der Waals surface area contributed by atoms with Crippen molar-refractivity contribution in [2.75, 3.05) is 0 Å². The summed E-state index contributed by atoms with van der Waals surface area (Å²) in [6.07, 6.45) is 14.7. The van der Waals surface area contributed by atoms with Crippen LogP contribution in [0.15, 0.2) is 24.3 Å². The predicted molar refractivity (Wildman–Crippen MR) is 123 cm³/mol. The molecule has 0 saturated carbocycles. The first-order chi connectivity index (χ1) is 14.5. The van der Waals surface area contributed by atoms with Crippen LogP contribution < -0.4 is 9.47 Å². The fraction of sp³-hybridized carbons (Fsp3) is 0.692. The maximum Gasteiger partial charge on any atom is 0.311 e. The summed E-state index contributed by atoms with van der Waals surface area (Å²) in [5.74, 6) is 1.37. The molecule has 30 heavy (non-hydrogen) atoms. The van der Waals surface area contributed by atoms with Crippen LogP contribution in [0.1, 0.15) is 111 Å². The number of unbranched alkanes of at least 4 members (excludes halogenated alkanes) is 9. The Morgan fingerprint density at radius 2 is 1.07 bits per heavy atom. The Morgan fingerprint density at radius 1 is 0.667 bits per heavy atom. The van der Waals surface area contributed by atoms with Gasteiger partial charge in [-0.1, -0.05) is 85.0 Å². The molecule has 1 aromatic carbocycles. The Balaban J connectivity index is 2.13. The average molecular weight is 419 g/mol. The SMILES string of the molecule is CCCCCCCC(=O)Oc1ccc(OC(=O)CCCCCCCCC(C)C)cc1. The first-order valence-corrected chi connectivity index (χ1v) is 12.0. The lowest BCUT2D eigenvalue weighted by molar-refractivity contribution is -0.135. The second-order valence-corrected chi connectivity index (χ2v) is 8.64. The summed E-state index contributed by atoms with van der Waals surface area (Å²) in [5.41, 5.74) is 0. The molecule has 0 aromatic heterocycles. The minimum Gasteiger partial charge on any atom is -0.427 e. The first-order valence-electron chi connectivity index (χ1n) is 12.0. The highest BCUT2D eigenvalue weighted by molar-refractivity contribution is 5.73. The van der Waals surface area contributed by atoms with Gasteiger partial charge in [0.15, 0.2) is 0 Å². The summed E-state index contributed by atoms with van der Waals surface area (Å²) in [4.78, 5) is 23.8. The van der Waals surface area contributed by atoms with E-state index >= 15 is 0 Å². The number of carbonyl (C=O) groups is 2. The molecule has 0 aliphatic carbocycles. The van der Waals surface area contributed by atoms with E-state index in [-0.39, 0.29) is 11.9 Å². The lowest BCUT2D eigenvalue weighted by Gasteiger charge is -2.07. The van der Waals surface area contributed by atoms with Gasteiger partial charge in [-0.25, -0.2) is 0 Å². The zero-order valence-corrected chi connectivity index (χ0v) is 19.4. The van der Waals surface area contributed by atoms with Gasteiger partial charge < -0.3 is 9.47 Å². The Hall–Kier alpha value is -1.84. The van der Waals surface area contributed by atoms with Crippen molar-refractivity contribution in [2.24, 2.45) is 5.92 Å². The fourth-order valence-corrected chi connectivity index (χ4v) is 3.34. The predicted octanol–water partition coefficient (Wildman–Crippen LogP) is 7.63. The smallest absolute Gasteiger partial charge is 0.311 e. The summed E-state index contributed by atoms with van der Waals surface area (Å²) in [7, 11) is 0. The van der Waals surface area contributed by atoms with Crippen LogP contribution >= 0.6 is 0 Å².